The number of allylic oxidation sites excluding steroid dienone is 4. The lowest BCUT2D eigenvalue weighted by Gasteiger charge is -2.56. The molecule has 5 rings (SSSR count). The molecule has 2 fully saturated rings. The average Bonchev–Trinajstić information content (AvgIpc) is 3.30. The number of aliphatic hydroxyl groups is 1. The van der Waals surface area contributed by atoms with E-state index in [1.165, 1.54) is 19.9 Å². The van der Waals surface area contributed by atoms with Gasteiger partial charge in [-0.1, -0.05) is 49.4 Å². The van der Waals surface area contributed by atoms with Gasteiger partial charge < -0.3 is 19.9 Å². The van der Waals surface area contributed by atoms with E-state index in [1.807, 2.05) is 0 Å². The minimum absolute atomic E-state index is 0.00567. The van der Waals surface area contributed by atoms with Gasteiger partial charge >= 0.3 is 24.2 Å². The zero-order valence-corrected chi connectivity index (χ0v) is 26.6. The molecule has 0 radical (unpaired) electrons. The Morgan fingerprint density at radius 3 is 2.43 bits per heavy atom. The van der Waals surface area contributed by atoms with Crippen LogP contribution in [0.4, 0.5) is 26.7 Å². The van der Waals surface area contributed by atoms with E-state index < -0.39 is 65.6 Å². The second kappa shape index (κ2) is 12.5. The van der Waals surface area contributed by atoms with Crippen LogP contribution in [0.15, 0.2) is 59.7 Å². The second-order valence-corrected chi connectivity index (χ2v) is 13.5. The normalized spacial score (nSPS) is 30.3. The molecule has 4 aliphatic rings. The van der Waals surface area contributed by atoms with Gasteiger partial charge in [-0.05, 0) is 92.6 Å². The molecular weight excluding hydrogens is 625 g/mol. The first kappa shape index (κ1) is 34.8. The number of fused-ring (bicyclic) bond motifs is 4. The van der Waals surface area contributed by atoms with E-state index >= 15 is 8.78 Å². The molecule has 1 amide bonds. The summed E-state index contributed by atoms with van der Waals surface area (Å²) in [5.74, 6) is -7.53. The maximum atomic E-state index is 15.2. The first-order chi connectivity index (χ1) is 21.9. The summed E-state index contributed by atoms with van der Waals surface area (Å²) < 4.78 is 82.2. The number of amides is 1. The van der Waals surface area contributed by atoms with Crippen molar-refractivity contribution in [2.24, 2.45) is 17.3 Å². The van der Waals surface area contributed by atoms with Gasteiger partial charge in [-0.25, -0.2) is 9.59 Å². The van der Waals surface area contributed by atoms with Crippen molar-refractivity contribution in [2.75, 3.05) is 6.61 Å². The third-order valence-corrected chi connectivity index (χ3v) is 10.9. The van der Waals surface area contributed by atoms with Gasteiger partial charge in [0.15, 0.2) is 5.78 Å². The Morgan fingerprint density at radius 2 is 1.79 bits per heavy atom. The Hall–Kier alpha value is -3.54. The molecule has 256 valence electrons. The van der Waals surface area contributed by atoms with E-state index in [1.54, 1.807) is 37.3 Å². The minimum atomic E-state index is -5.92. The van der Waals surface area contributed by atoms with Gasteiger partial charge in [-0.2, -0.15) is 22.0 Å². The number of hydrogen-bond acceptors (Lipinski definition) is 6. The summed E-state index contributed by atoms with van der Waals surface area (Å²) in [6.45, 7) is 7.87. The van der Waals surface area contributed by atoms with Crippen molar-refractivity contribution in [1.82, 2.24) is 5.32 Å². The van der Waals surface area contributed by atoms with Crippen LogP contribution in [0.5, 0.6) is 0 Å². The number of alkyl halides is 5. The van der Waals surface area contributed by atoms with Gasteiger partial charge in [0, 0.05) is 17.8 Å². The molecule has 7 atom stereocenters. The highest BCUT2D eigenvalue weighted by Gasteiger charge is 2.79. The lowest BCUT2D eigenvalue weighted by atomic mass is 9.50. The maximum absolute atomic E-state index is 15.2. The van der Waals surface area contributed by atoms with E-state index in [2.05, 4.69) is 11.9 Å². The zero-order valence-electron chi connectivity index (χ0n) is 26.6. The van der Waals surface area contributed by atoms with Crippen molar-refractivity contribution in [1.29, 1.82) is 0 Å². The average molecular weight is 666 g/mol. The van der Waals surface area contributed by atoms with Gasteiger partial charge in [0.1, 0.15) is 24.4 Å². The summed E-state index contributed by atoms with van der Waals surface area (Å²) in [6.07, 6.45) is -3.47. The molecule has 0 spiro atoms. The minimum Gasteiger partial charge on any atom is -0.456 e. The van der Waals surface area contributed by atoms with Crippen molar-refractivity contribution in [3.05, 3.63) is 70.8 Å². The lowest BCUT2D eigenvalue weighted by Crippen LogP contribution is -2.65. The topological polar surface area (TPSA) is 102 Å². The van der Waals surface area contributed by atoms with Crippen LogP contribution in [0.1, 0.15) is 88.9 Å². The van der Waals surface area contributed by atoms with E-state index in [0.29, 0.717) is 36.8 Å². The van der Waals surface area contributed by atoms with E-state index in [-0.39, 0.29) is 31.1 Å². The van der Waals surface area contributed by atoms with Crippen LogP contribution < -0.4 is 5.32 Å². The molecule has 47 heavy (non-hydrogen) atoms. The molecule has 12 heteroatoms. The number of alkyl carbamates (subject to hydrolysis) is 1. The molecular formula is C35H40F5NO6. The van der Waals surface area contributed by atoms with Gasteiger partial charge in [-0.3, -0.25) is 4.79 Å². The van der Waals surface area contributed by atoms with Crippen molar-refractivity contribution < 1.29 is 50.9 Å². The number of hydrogen-bond donors (Lipinski definition) is 2. The van der Waals surface area contributed by atoms with Crippen LogP contribution in [0.2, 0.25) is 0 Å². The van der Waals surface area contributed by atoms with Gasteiger partial charge in [0.25, 0.3) is 0 Å². The number of halogens is 5. The summed E-state index contributed by atoms with van der Waals surface area (Å²) in [5.41, 5.74) is -0.953. The number of ether oxygens (including phenoxy) is 2. The number of esters is 1. The van der Waals surface area contributed by atoms with E-state index in [0.717, 1.165) is 16.7 Å². The molecule has 2 N–H and O–H groups in total. The fourth-order valence-electron chi connectivity index (χ4n) is 8.47. The smallest absolute Gasteiger partial charge is 0.456 e. The van der Waals surface area contributed by atoms with Crippen LogP contribution in [0.25, 0.3) is 0 Å². The van der Waals surface area contributed by atoms with Crippen LogP contribution in [0, 0.1) is 17.3 Å². The number of carbonyl (C=O) groups is 3. The summed E-state index contributed by atoms with van der Waals surface area (Å²) in [4.78, 5) is 36.7. The molecule has 4 aliphatic carbocycles. The van der Waals surface area contributed by atoms with Crippen LogP contribution in [-0.2, 0) is 19.1 Å². The highest BCUT2D eigenvalue weighted by Crippen LogP contribution is 2.70. The number of benzene rings is 1. The fraction of sp³-hybridized carbons (Fsp3) is 0.571. The summed E-state index contributed by atoms with van der Waals surface area (Å²) in [5, 5.41) is 13.8. The number of ketones is 1. The van der Waals surface area contributed by atoms with Crippen molar-refractivity contribution in [3.63, 3.8) is 0 Å². The van der Waals surface area contributed by atoms with Gasteiger partial charge in [-0.15, -0.1) is 0 Å². The van der Waals surface area contributed by atoms with Crippen molar-refractivity contribution in [3.8, 4) is 0 Å². The van der Waals surface area contributed by atoms with Crippen molar-refractivity contribution >= 4 is 17.8 Å². The van der Waals surface area contributed by atoms with E-state index in [4.69, 9.17) is 9.47 Å². The molecule has 0 saturated heterocycles. The Bertz CT molecular complexity index is 1500. The fourth-order valence-corrected chi connectivity index (χ4v) is 8.47. The van der Waals surface area contributed by atoms with Crippen LogP contribution in [-0.4, -0.2) is 53.3 Å². The van der Waals surface area contributed by atoms with Crippen molar-refractivity contribution in [2.45, 2.75) is 101 Å². The molecule has 0 bridgehead atoms. The molecule has 2 saturated carbocycles. The molecule has 0 aliphatic heterocycles. The first-order valence-electron chi connectivity index (χ1n) is 15.9. The predicted octanol–water partition coefficient (Wildman–Crippen LogP) is 7.42. The largest absolute Gasteiger partial charge is 0.456 e. The maximum Gasteiger partial charge on any atom is 0.456 e. The lowest BCUT2D eigenvalue weighted by molar-refractivity contribution is -0.362. The van der Waals surface area contributed by atoms with Gasteiger partial charge in [0.05, 0.1) is 0 Å². The monoisotopic (exact) mass is 665 g/mol. The number of nitrogens with one attached hydrogen (secondary N) is 1. The Labute approximate surface area is 270 Å². The standard InChI is InChI=1S/C35H40F5NO6/c1-5-16-46-31(44)41-19(2)30(43)47-20(3)21-6-8-22(9-7-21)27-18-32(4)28(14-15-33(32,45)34(36,37)35(38,39)40)26-12-10-23-17-24(42)11-13-25(23)29(26)27/h5-9,17,19-20,26-28,45H,1,10-16,18H2,2-4H3,(H,41,44)/t19-,20-,26-,27+,28-,32-,33-/m0/s1. The zero-order chi connectivity index (χ0) is 34.5. The molecule has 0 unspecified atom stereocenters. The SMILES string of the molecule is C=CCOC(=O)N[C@@H](C)C(=O)O[C@@H](C)c1ccc([C@H]2C[C@@]3(C)[C@@H](CC[C@@]3(O)C(F)(F)C(F)(F)F)[C@@H]3CCC4=CC(=O)CCC4=C32)cc1. The molecule has 1 aromatic carbocycles. The predicted molar refractivity (Wildman–Crippen MR) is 161 cm³/mol. The molecule has 0 aromatic heterocycles. The third kappa shape index (κ3) is 5.91. The highest BCUT2D eigenvalue weighted by atomic mass is 19.4. The summed E-state index contributed by atoms with van der Waals surface area (Å²) in [7, 11) is 0. The molecule has 7 nitrogen and oxygen atoms in total. The Balaban J connectivity index is 1.47. The Morgan fingerprint density at radius 1 is 1.11 bits per heavy atom. The Kier molecular flexibility index (Phi) is 9.24. The first-order valence-corrected chi connectivity index (χ1v) is 15.9. The van der Waals surface area contributed by atoms with E-state index in [9.17, 15) is 32.7 Å². The number of rotatable bonds is 8. The summed E-state index contributed by atoms with van der Waals surface area (Å²) >= 11 is 0. The van der Waals surface area contributed by atoms with Crippen LogP contribution >= 0.6 is 0 Å². The third-order valence-electron chi connectivity index (χ3n) is 10.9. The van der Waals surface area contributed by atoms with Gasteiger partial charge in [0.2, 0.25) is 0 Å². The molecule has 0 heterocycles. The number of carbonyl (C=O) groups excluding carboxylic acids is 3. The quantitative estimate of drug-likeness (QED) is 0.170. The van der Waals surface area contributed by atoms with Crippen LogP contribution in [0.3, 0.4) is 0 Å². The highest BCUT2D eigenvalue weighted by molar-refractivity contribution is 5.93. The summed E-state index contributed by atoms with van der Waals surface area (Å²) in [6, 6.07) is 5.89. The second-order valence-electron chi connectivity index (χ2n) is 13.5. The molecule has 1 aromatic rings.